The monoisotopic (exact) mass is 451 g/mol. The zero-order chi connectivity index (χ0) is 22.7. The normalized spacial score (nSPS) is 14.2. The van der Waals surface area contributed by atoms with Gasteiger partial charge in [0.05, 0.1) is 5.02 Å². The highest BCUT2D eigenvalue weighted by Crippen LogP contribution is 2.44. The first-order valence-corrected chi connectivity index (χ1v) is 10.6. The summed E-state index contributed by atoms with van der Waals surface area (Å²) in [5.41, 5.74) is 5.00. The standard InChI is InChI=1S/C25H22ClNO5/c26-22-10-9-15(11-16(22)13-28)24(30)23(29)12-27-25(31)32-14-21-19-7-3-1-5-17(19)18-6-2-4-8-20(18)21/h1-11,13,21,23-24,29-30H,12,14H2,(H,27,31). The van der Waals surface area contributed by atoms with Crippen molar-refractivity contribution >= 4 is 24.0 Å². The molecule has 1 amide bonds. The average Bonchev–Trinajstić information content (AvgIpc) is 3.14. The van der Waals surface area contributed by atoms with E-state index in [1.807, 2.05) is 36.4 Å². The van der Waals surface area contributed by atoms with Gasteiger partial charge in [-0.15, -0.1) is 0 Å². The first-order chi connectivity index (χ1) is 15.5. The number of halogens is 1. The lowest BCUT2D eigenvalue weighted by Crippen LogP contribution is -2.36. The van der Waals surface area contributed by atoms with Crippen LogP contribution in [0.4, 0.5) is 4.79 Å². The van der Waals surface area contributed by atoms with Crippen molar-refractivity contribution in [3.63, 3.8) is 0 Å². The van der Waals surface area contributed by atoms with Gasteiger partial charge in [-0.3, -0.25) is 4.79 Å². The molecular weight excluding hydrogens is 430 g/mol. The van der Waals surface area contributed by atoms with Crippen molar-refractivity contribution in [1.82, 2.24) is 5.32 Å². The maximum Gasteiger partial charge on any atom is 0.407 e. The molecule has 6 nitrogen and oxygen atoms in total. The average molecular weight is 452 g/mol. The predicted molar refractivity (Wildman–Crippen MR) is 121 cm³/mol. The number of ether oxygens (including phenoxy) is 1. The molecule has 0 radical (unpaired) electrons. The number of nitrogens with one attached hydrogen (secondary N) is 1. The maximum absolute atomic E-state index is 12.2. The third-order valence-corrected chi connectivity index (χ3v) is 6.00. The van der Waals surface area contributed by atoms with E-state index in [4.69, 9.17) is 16.3 Å². The minimum absolute atomic E-state index is 0.0699. The number of rotatable bonds is 7. The number of carbonyl (C=O) groups is 2. The first kappa shape index (κ1) is 22.0. The van der Waals surface area contributed by atoms with E-state index < -0.39 is 18.3 Å². The van der Waals surface area contributed by atoms with E-state index in [0.717, 1.165) is 22.3 Å². The van der Waals surface area contributed by atoms with E-state index in [9.17, 15) is 19.8 Å². The Kier molecular flexibility index (Phi) is 6.55. The first-order valence-electron chi connectivity index (χ1n) is 10.2. The SMILES string of the molecule is O=Cc1cc(C(O)C(O)CNC(=O)OCC2c3ccccc3-c3ccccc32)ccc1Cl. The largest absolute Gasteiger partial charge is 0.449 e. The highest BCUT2D eigenvalue weighted by atomic mass is 35.5. The van der Waals surface area contributed by atoms with Crippen LogP contribution in [-0.2, 0) is 4.74 Å². The second-order valence-corrected chi connectivity index (χ2v) is 8.02. The Hall–Kier alpha value is -3.19. The zero-order valence-corrected chi connectivity index (χ0v) is 17.8. The molecule has 3 N–H and O–H groups in total. The highest BCUT2D eigenvalue weighted by Gasteiger charge is 2.29. The molecule has 0 spiro atoms. The topological polar surface area (TPSA) is 95.9 Å². The van der Waals surface area contributed by atoms with Crippen molar-refractivity contribution < 1.29 is 24.5 Å². The van der Waals surface area contributed by atoms with Crippen LogP contribution in [0.2, 0.25) is 5.02 Å². The van der Waals surface area contributed by atoms with Gasteiger partial charge in [0.15, 0.2) is 6.29 Å². The fourth-order valence-electron chi connectivity index (χ4n) is 4.01. The van der Waals surface area contributed by atoms with Crippen molar-refractivity contribution in [2.75, 3.05) is 13.2 Å². The second-order valence-electron chi connectivity index (χ2n) is 7.62. The van der Waals surface area contributed by atoms with Crippen LogP contribution in [0, 0.1) is 0 Å². The number of aliphatic hydroxyl groups excluding tert-OH is 2. The van der Waals surface area contributed by atoms with Crippen LogP contribution in [0.15, 0.2) is 66.7 Å². The van der Waals surface area contributed by atoms with Crippen LogP contribution in [0.3, 0.4) is 0 Å². The summed E-state index contributed by atoms with van der Waals surface area (Å²) in [6, 6.07) is 20.4. The lowest BCUT2D eigenvalue weighted by molar-refractivity contribution is 0.0185. The van der Waals surface area contributed by atoms with Crippen LogP contribution >= 0.6 is 11.6 Å². The lowest BCUT2D eigenvalue weighted by Gasteiger charge is -2.20. The Morgan fingerprint density at radius 2 is 1.66 bits per heavy atom. The molecule has 0 aliphatic heterocycles. The molecule has 4 rings (SSSR count). The van der Waals surface area contributed by atoms with Gasteiger partial charge in [0.1, 0.15) is 18.8 Å². The van der Waals surface area contributed by atoms with Crippen LogP contribution in [0.25, 0.3) is 11.1 Å². The Labute approximate surface area is 190 Å². The minimum atomic E-state index is -1.31. The van der Waals surface area contributed by atoms with Gasteiger partial charge in [-0.05, 0) is 39.9 Å². The molecule has 0 bridgehead atoms. The van der Waals surface area contributed by atoms with E-state index in [2.05, 4.69) is 17.4 Å². The molecule has 3 aromatic carbocycles. The van der Waals surface area contributed by atoms with Crippen molar-refractivity contribution in [3.05, 3.63) is 94.0 Å². The van der Waals surface area contributed by atoms with Gasteiger partial charge in [-0.2, -0.15) is 0 Å². The molecule has 7 heteroatoms. The Morgan fingerprint density at radius 3 is 2.28 bits per heavy atom. The quantitative estimate of drug-likeness (QED) is 0.470. The summed E-state index contributed by atoms with van der Waals surface area (Å²) in [4.78, 5) is 23.3. The van der Waals surface area contributed by atoms with E-state index in [-0.39, 0.29) is 29.7 Å². The van der Waals surface area contributed by atoms with Gasteiger partial charge in [0.2, 0.25) is 0 Å². The van der Waals surface area contributed by atoms with Crippen LogP contribution < -0.4 is 5.32 Å². The Balaban J connectivity index is 1.34. The van der Waals surface area contributed by atoms with Crippen LogP contribution in [0.1, 0.15) is 39.1 Å². The molecule has 1 aliphatic carbocycles. The number of benzene rings is 3. The molecule has 3 aromatic rings. The van der Waals surface area contributed by atoms with E-state index in [1.54, 1.807) is 0 Å². The second kappa shape index (κ2) is 9.53. The number of aliphatic hydroxyl groups is 2. The van der Waals surface area contributed by atoms with Crippen molar-refractivity contribution in [1.29, 1.82) is 0 Å². The molecule has 2 unspecified atom stereocenters. The summed E-state index contributed by atoms with van der Waals surface area (Å²) in [5, 5.41) is 23.3. The van der Waals surface area contributed by atoms with Gasteiger partial charge in [0, 0.05) is 18.0 Å². The summed E-state index contributed by atoms with van der Waals surface area (Å²) in [7, 11) is 0. The van der Waals surface area contributed by atoms with E-state index in [1.165, 1.54) is 18.2 Å². The zero-order valence-electron chi connectivity index (χ0n) is 17.1. The summed E-state index contributed by atoms with van der Waals surface area (Å²) in [6.07, 6.45) is -2.72. The number of hydrogen-bond donors (Lipinski definition) is 3. The number of hydrogen-bond acceptors (Lipinski definition) is 5. The van der Waals surface area contributed by atoms with Crippen LogP contribution in [0.5, 0.6) is 0 Å². The van der Waals surface area contributed by atoms with Crippen LogP contribution in [-0.4, -0.2) is 41.8 Å². The third kappa shape index (κ3) is 4.39. The number of carbonyl (C=O) groups excluding carboxylic acids is 2. The smallest absolute Gasteiger partial charge is 0.407 e. The molecule has 0 aromatic heterocycles. The number of aldehydes is 1. The number of alkyl carbamates (subject to hydrolysis) is 1. The van der Waals surface area contributed by atoms with Gasteiger partial charge in [-0.25, -0.2) is 4.79 Å². The van der Waals surface area contributed by atoms with Crippen molar-refractivity contribution in [2.24, 2.45) is 0 Å². The fraction of sp³-hybridized carbons (Fsp3) is 0.200. The van der Waals surface area contributed by atoms with E-state index >= 15 is 0 Å². The molecular formula is C25H22ClNO5. The molecule has 0 saturated heterocycles. The Bertz CT molecular complexity index is 1100. The summed E-state index contributed by atoms with van der Waals surface area (Å²) < 4.78 is 5.42. The molecule has 0 saturated carbocycles. The summed E-state index contributed by atoms with van der Waals surface area (Å²) in [5.74, 6) is -0.0699. The Morgan fingerprint density at radius 1 is 1.03 bits per heavy atom. The van der Waals surface area contributed by atoms with Gasteiger partial charge < -0.3 is 20.3 Å². The number of fused-ring (bicyclic) bond motifs is 3. The summed E-state index contributed by atoms with van der Waals surface area (Å²) >= 11 is 5.89. The highest BCUT2D eigenvalue weighted by molar-refractivity contribution is 6.32. The van der Waals surface area contributed by atoms with Gasteiger partial charge in [0.25, 0.3) is 0 Å². The molecule has 32 heavy (non-hydrogen) atoms. The molecule has 0 fully saturated rings. The maximum atomic E-state index is 12.2. The van der Waals surface area contributed by atoms with Crippen molar-refractivity contribution in [3.8, 4) is 11.1 Å². The molecule has 2 atom stereocenters. The van der Waals surface area contributed by atoms with Gasteiger partial charge in [-0.1, -0.05) is 66.2 Å². The predicted octanol–water partition coefficient (Wildman–Crippen LogP) is 4.09. The summed E-state index contributed by atoms with van der Waals surface area (Å²) in [6.45, 7) is -0.0741. The third-order valence-electron chi connectivity index (χ3n) is 5.65. The van der Waals surface area contributed by atoms with Crippen molar-refractivity contribution in [2.45, 2.75) is 18.1 Å². The molecule has 164 valence electrons. The molecule has 1 aliphatic rings. The number of amides is 1. The lowest BCUT2D eigenvalue weighted by atomic mass is 9.98. The van der Waals surface area contributed by atoms with E-state index in [0.29, 0.717) is 11.8 Å². The van der Waals surface area contributed by atoms with Gasteiger partial charge >= 0.3 is 6.09 Å². The molecule has 0 heterocycles. The fourth-order valence-corrected chi connectivity index (χ4v) is 4.17. The minimum Gasteiger partial charge on any atom is -0.449 e.